The van der Waals surface area contributed by atoms with Gasteiger partial charge >= 0.3 is 0 Å². The number of hydrogen-bond acceptors (Lipinski definition) is 0. The van der Waals surface area contributed by atoms with E-state index in [0.29, 0.717) is 0 Å². The van der Waals surface area contributed by atoms with E-state index in [4.69, 9.17) is 0 Å². The molecule has 2 saturated carbocycles. The molecule has 2 rings (SSSR count). The molecule has 0 N–H and O–H groups in total. The van der Waals surface area contributed by atoms with E-state index in [1.807, 2.05) is 0 Å². The average Bonchev–Trinajstić information content (AvgIpc) is 2.24. The Morgan fingerprint density at radius 2 is 2.17 bits per heavy atom. The standard InChI is InChI=1S/C5H7I/c1-5-2-3(5)4(5)6/h3-4H,2H2,1H3. The van der Waals surface area contributed by atoms with Crippen LogP contribution in [0, 0.1) is 11.3 Å². The van der Waals surface area contributed by atoms with Gasteiger partial charge in [-0.3, -0.25) is 0 Å². The van der Waals surface area contributed by atoms with Crippen LogP contribution < -0.4 is 0 Å². The molecular weight excluding hydrogens is 187 g/mol. The second kappa shape index (κ2) is 0.680. The minimum Gasteiger partial charge on any atom is -0.0817 e. The predicted molar refractivity (Wildman–Crippen MR) is 34.0 cm³/mol. The van der Waals surface area contributed by atoms with Crippen molar-refractivity contribution in [2.75, 3.05) is 0 Å². The highest BCUT2D eigenvalue weighted by atomic mass is 127. The SMILES string of the molecule is CC12CC1C2I. The molecule has 0 heterocycles. The van der Waals surface area contributed by atoms with Gasteiger partial charge in [-0.1, -0.05) is 29.5 Å². The lowest BCUT2D eigenvalue weighted by Gasteiger charge is -1.91. The highest BCUT2D eigenvalue weighted by molar-refractivity contribution is 14.1. The van der Waals surface area contributed by atoms with E-state index in [1.165, 1.54) is 6.42 Å². The summed E-state index contributed by atoms with van der Waals surface area (Å²) in [7, 11) is 0. The summed E-state index contributed by atoms with van der Waals surface area (Å²) >= 11 is 2.55. The molecule has 0 aromatic rings. The molecule has 2 fully saturated rings. The van der Waals surface area contributed by atoms with E-state index in [-0.39, 0.29) is 0 Å². The van der Waals surface area contributed by atoms with Gasteiger partial charge in [-0.25, -0.2) is 0 Å². The number of rotatable bonds is 0. The quantitative estimate of drug-likeness (QED) is 0.407. The highest BCUT2D eigenvalue weighted by Crippen LogP contribution is 2.78. The zero-order chi connectivity index (χ0) is 4.36. The van der Waals surface area contributed by atoms with Crippen LogP contribution in [0.1, 0.15) is 13.3 Å². The molecular formula is C5H7I. The third-order valence-electron chi connectivity index (χ3n) is 2.22. The lowest BCUT2D eigenvalue weighted by molar-refractivity contribution is 0.752. The Morgan fingerprint density at radius 3 is 2.17 bits per heavy atom. The van der Waals surface area contributed by atoms with Crippen LogP contribution in [0.2, 0.25) is 0 Å². The summed E-state index contributed by atoms with van der Waals surface area (Å²) < 4.78 is 1.06. The first-order valence-corrected chi connectivity index (χ1v) is 3.64. The minimum atomic E-state index is 0.862. The molecule has 0 nitrogen and oxygen atoms in total. The number of halogens is 1. The molecule has 1 heteroatoms. The number of alkyl halides is 1. The maximum absolute atomic E-state index is 2.55. The van der Waals surface area contributed by atoms with Gasteiger partial charge in [0.1, 0.15) is 0 Å². The first-order valence-electron chi connectivity index (χ1n) is 2.39. The van der Waals surface area contributed by atoms with Crippen LogP contribution in [0.3, 0.4) is 0 Å². The van der Waals surface area contributed by atoms with Gasteiger partial charge in [0.05, 0.1) is 0 Å². The molecule has 2 aliphatic carbocycles. The molecule has 3 unspecified atom stereocenters. The van der Waals surface area contributed by atoms with Gasteiger partial charge in [0.25, 0.3) is 0 Å². The highest BCUT2D eigenvalue weighted by Gasteiger charge is 2.74. The van der Waals surface area contributed by atoms with Crippen molar-refractivity contribution >= 4 is 22.6 Å². The molecule has 0 aliphatic heterocycles. The van der Waals surface area contributed by atoms with Gasteiger partial charge in [0.15, 0.2) is 0 Å². The molecule has 34 valence electrons. The van der Waals surface area contributed by atoms with Crippen molar-refractivity contribution in [3.8, 4) is 0 Å². The summed E-state index contributed by atoms with van der Waals surface area (Å²) in [5.74, 6) is 1.15. The summed E-state index contributed by atoms with van der Waals surface area (Å²) in [4.78, 5) is 0. The molecule has 0 amide bonds. The maximum atomic E-state index is 2.55. The van der Waals surface area contributed by atoms with Crippen molar-refractivity contribution in [3.05, 3.63) is 0 Å². The number of hydrogen-bond donors (Lipinski definition) is 0. The Bertz CT molecular complexity index is 94.1. The zero-order valence-corrected chi connectivity index (χ0v) is 5.90. The molecule has 0 bridgehead atoms. The van der Waals surface area contributed by atoms with E-state index in [9.17, 15) is 0 Å². The fourth-order valence-corrected chi connectivity index (χ4v) is 2.65. The van der Waals surface area contributed by atoms with Crippen LogP contribution in [-0.2, 0) is 0 Å². The third kappa shape index (κ3) is 0.209. The van der Waals surface area contributed by atoms with E-state index in [1.54, 1.807) is 0 Å². The minimum absolute atomic E-state index is 0.862. The normalized spacial score (nSPS) is 73.0. The zero-order valence-electron chi connectivity index (χ0n) is 3.74. The van der Waals surface area contributed by atoms with Gasteiger partial charge in [-0.2, -0.15) is 0 Å². The summed E-state index contributed by atoms with van der Waals surface area (Å²) in [5, 5.41) is 0. The van der Waals surface area contributed by atoms with E-state index in [0.717, 1.165) is 15.3 Å². The van der Waals surface area contributed by atoms with Crippen molar-refractivity contribution in [3.63, 3.8) is 0 Å². The van der Waals surface area contributed by atoms with Gasteiger partial charge in [-0.05, 0) is 17.8 Å². The van der Waals surface area contributed by atoms with Crippen LogP contribution in [0.15, 0.2) is 0 Å². The lowest BCUT2D eigenvalue weighted by atomic mass is 10.3. The van der Waals surface area contributed by atoms with Gasteiger partial charge in [0.2, 0.25) is 0 Å². The van der Waals surface area contributed by atoms with E-state index >= 15 is 0 Å². The van der Waals surface area contributed by atoms with Crippen LogP contribution in [-0.4, -0.2) is 3.92 Å². The monoisotopic (exact) mass is 194 g/mol. The fraction of sp³-hybridized carbons (Fsp3) is 1.00. The Labute approximate surface area is 51.4 Å². The molecule has 0 saturated heterocycles. The summed E-state index contributed by atoms with van der Waals surface area (Å²) in [6.45, 7) is 2.38. The van der Waals surface area contributed by atoms with Gasteiger partial charge in [-0.15, -0.1) is 0 Å². The Hall–Kier alpha value is 0.730. The first kappa shape index (κ1) is 3.70. The van der Waals surface area contributed by atoms with Gasteiger partial charge in [0, 0.05) is 3.92 Å². The second-order valence-corrected chi connectivity index (χ2v) is 4.06. The van der Waals surface area contributed by atoms with Crippen LogP contribution >= 0.6 is 22.6 Å². The molecule has 6 heavy (non-hydrogen) atoms. The average molecular weight is 194 g/mol. The van der Waals surface area contributed by atoms with Crippen molar-refractivity contribution in [2.45, 2.75) is 17.3 Å². The molecule has 0 radical (unpaired) electrons. The van der Waals surface area contributed by atoms with E-state index in [2.05, 4.69) is 29.5 Å². The molecule has 0 aromatic heterocycles. The Kier molecular flexibility index (Phi) is 0.419. The first-order chi connectivity index (χ1) is 2.75. The number of fused-ring (bicyclic) bond motifs is 1. The van der Waals surface area contributed by atoms with Crippen LogP contribution in [0.4, 0.5) is 0 Å². The van der Waals surface area contributed by atoms with Crippen LogP contribution in [0.25, 0.3) is 0 Å². The Balaban J connectivity index is 2.23. The smallest absolute Gasteiger partial charge is 0.0200 e. The molecule has 2 aliphatic rings. The third-order valence-corrected chi connectivity index (χ3v) is 4.51. The lowest BCUT2D eigenvalue weighted by Crippen LogP contribution is -1.87. The second-order valence-electron chi connectivity index (χ2n) is 2.72. The largest absolute Gasteiger partial charge is 0.0817 e. The maximum Gasteiger partial charge on any atom is 0.0200 e. The summed E-state index contributed by atoms with van der Waals surface area (Å²) in [5.41, 5.74) is 0.862. The van der Waals surface area contributed by atoms with Crippen molar-refractivity contribution in [2.24, 2.45) is 11.3 Å². The Morgan fingerprint density at radius 1 is 1.83 bits per heavy atom. The summed E-state index contributed by atoms with van der Waals surface area (Å²) in [6.07, 6.45) is 1.53. The molecule has 0 spiro atoms. The van der Waals surface area contributed by atoms with Crippen molar-refractivity contribution in [1.82, 2.24) is 0 Å². The van der Waals surface area contributed by atoms with Crippen LogP contribution in [0.5, 0.6) is 0 Å². The summed E-state index contributed by atoms with van der Waals surface area (Å²) in [6, 6.07) is 0. The van der Waals surface area contributed by atoms with Crippen molar-refractivity contribution in [1.29, 1.82) is 0 Å². The topological polar surface area (TPSA) is 0 Å². The van der Waals surface area contributed by atoms with E-state index < -0.39 is 0 Å². The van der Waals surface area contributed by atoms with Gasteiger partial charge < -0.3 is 0 Å². The molecule has 3 atom stereocenters. The fourth-order valence-electron chi connectivity index (χ4n) is 1.07. The molecule has 0 aromatic carbocycles. The van der Waals surface area contributed by atoms with Crippen molar-refractivity contribution < 1.29 is 0 Å². The predicted octanol–water partition coefficient (Wildman–Crippen LogP) is 1.83.